The van der Waals surface area contributed by atoms with Crippen molar-refractivity contribution >= 4 is 23.6 Å². The average molecular weight is 396 g/mol. The molecule has 1 aliphatic carbocycles. The van der Waals surface area contributed by atoms with Gasteiger partial charge in [0.1, 0.15) is 5.75 Å². The van der Waals surface area contributed by atoms with Gasteiger partial charge in [0.2, 0.25) is 5.91 Å². The molecule has 27 heavy (non-hydrogen) atoms. The molecule has 0 unspecified atom stereocenters. The van der Waals surface area contributed by atoms with Crippen molar-refractivity contribution in [3.8, 4) is 5.75 Å². The fourth-order valence-electron chi connectivity index (χ4n) is 3.31. The number of hydrogen-bond acceptors (Lipinski definition) is 4. The van der Waals surface area contributed by atoms with Gasteiger partial charge in [-0.25, -0.2) is 4.79 Å². The Hall–Kier alpha value is -1.79. The highest BCUT2D eigenvalue weighted by molar-refractivity contribution is 6.30. The van der Waals surface area contributed by atoms with Crippen LogP contribution in [-0.2, 0) is 4.79 Å². The molecule has 0 saturated heterocycles. The predicted octanol–water partition coefficient (Wildman–Crippen LogP) is 3.35. The van der Waals surface area contributed by atoms with E-state index in [0.29, 0.717) is 10.8 Å². The predicted molar refractivity (Wildman–Crippen MR) is 107 cm³/mol. The van der Waals surface area contributed by atoms with Crippen LogP contribution in [0, 0.1) is 5.92 Å². The summed E-state index contributed by atoms with van der Waals surface area (Å²) < 4.78 is 5.40. The number of halogens is 1. The lowest BCUT2D eigenvalue weighted by Gasteiger charge is -2.35. The van der Waals surface area contributed by atoms with Gasteiger partial charge in [-0.15, -0.1) is 0 Å². The van der Waals surface area contributed by atoms with E-state index in [4.69, 9.17) is 16.3 Å². The number of carbonyl (C=O) groups excluding carboxylic acids is 2. The van der Waals surface area contributed by atoms with E-state index in [2.05, 4.69) is 4.90 Å². The molecule has 150 valence electrons. The van der Waals surface area contributed by atoms with Crippen LogP contribution in [0.5, 0.6) is 5.75 Å². The van der Waals surface area contributed by atoms with Crippen molar-refractivity contribution in [1.29, 1.82) is 0 Å². The SMILES string of the molecule is CN(C)CCN(C)C(=O)[C@H]1CC[C@H](N(C)C(=O)Oc2ccc(Cl)cc2)CC1. The zero-order chi connectivity index (χ0) is 20.0. The zero-order valence-electron chi connectivity index (χ0n) is 16.7. The summed E-state index contributed by atoms with van der Waals surface area (Å²) in [5, 5.41) is 0.599. The lowest BCUT2D eigenvalue weighted by Crippen LogP contribution is -2.44. The van der Waals surface area contributed by atoms with E-state index >= 15 is 0 Å². The van der Waals surface area contributed by atoms with Crippen LogP contribution < -0.4 is 4.74 Å². The van der Waals surface area contributed by atoms with Crippen LogP contribution in [0.4, 0.5) is 4.79 Å². The van der Waals surface area contributed by atoms with Crippen LogP contribution in [0.3, 0.4) is 0 Å². The van der Waals surface area contributed by atoms with Gasteiger partial charge in [0.05, 0.1) is 0 Å². The van der Waals surface area contributed by atoms with Crippen LogP contribution in [0.25, 0.3) is 0 Å². The molecule has 1 fully saturated rings. The maximum atomic E-state index is 12.6. The van der Waals surface area contributed by atoms with Crippen LogP contribution >= 0.6 is 11.6 Å². The molecule has 0 atom stereocenters. The number of likely N-dealkylation sites (N-methyl/N-ethyl adjacent to an activating group) is 2. The van der Waals surface area contributed by atoms with E-state index in [1.165, 1.54) is 0 Å². The smallest absolute Gasteiger partial charge is 0.410 e. The number of hydrogen-bond donors (Lipinski definition) is 0. The highest BCUT2D eigenvalue weighted by Gasteiger charge is 2.31. The number of nitrogens with zero attached hydrogens (tertiary/aromatic N) is 3. The lowest BCUT2D eigenvalue weighted by molar-refractivity contribution is -0.135. The van der Waals surface area contributed by atoms with E-state index in [1.54, 1.807) is 36.2 Å². The van der Waals surface area contributed by atoms with Crippen molar-refractivity contribution in [1.82, 2.24) is 14.7 Å². The molecule has 1 aromatic rings. The first kappa shape index (κ1) is 21.5. The number of benzene rings is 1. The molecule has 2 rings (SSSR count). The van der Waals surface area contributed by atoms with Crippen LogP contribution in [0.2, 0.25) is 5.02 Å². The summed E-state index contributed by atoms with van der Waals surface area (Å²) in [5.41, 5.74) is 0. The Morgan fingerprint density at radius 1 is 1.00 bits per heavy atom. The van der Waals surface area contributed by atoms with Crippen molar-refractivity contribution < 1.29 is 14.3 Å². The van der Waals surface area contributed by atoms with Crippen molar-refractivity contribution in [3.63, 3.8) is 0 Å². The molecule has 0 aliphatic heterocycles. The van der Waals surface area contributed by atoms with Gasteiger partial charge in [-0.3, -0.25) is 4.79 Å². The summed E-state index contributed by atoms with van der Waals surface area (Å²) in [4.78, 5) is 30.5. The maximum Gasteiger partial charge on any atom is 0.415 e. The van der Waals surface area contributed by atoms with Gasteiger partial charge >= 0.3 is 6.09 Å². The Morgan fingerprint density at radius 2 is 1.59 bits per heavy atom. The third kappa shape index (κ3) is 6.40. The molecule has 0 spiro atoms. The standard InChI is InChI=1S/C20H30ClN3O3/c1-22(2)13-14-23(3)19(25)15-5-9-17(10-6-15)24(4)20(26)27-18-11-7-16(21)8-12-18/h7-8,11-12,15,17H,5-6,9-10,13-14H2,1-4H3/t15-,17-. The van der Waals surface area contributed by atoms with E-state index in [9.17, 15) is 9.59 Å². The first-order valence-corrected chi connectivity index (χ1v) is 9.75. The zero-order valence-corrected chi connectivity index (χ0v) is 17.4. The fraction of sp³-hybridized carbons (Fsp3) is 0.600. The van der Waals surface area contributed by atoms with Gasteiger partial charge in [-0.05, 0) is 64.0 Å². The van der Waals surface area contributed by atoms with Crippen LogP contribution in [0.1, 0.15) is 25.7 Å². The third-order valence-corrected chi connectivity index (χ3v) is 5.41. The molecule has 0 radical (unpaired) electrons. The summed E-state index contributed by atoms with van der Waals surface area (Å²) >= 11 is 5.84. The number of amides is 2. The van der Waals surface area contributed by atoms with Crippen LogP contribution in [-0.4, -0.2) is 74.0 Å². The third-order valence-electron chi connectivity index (χ3n) is 5.16. The second-order valence-electron chi connectivity index (χ2n) is 7.50. The first-order valence-electron chi connectivity index (χ1n) is 9.38. The van der Waals surface area contributed by atoms with Gasteiger partial charge in [0.15, 0.2) is 0 Å². The summed E-state index contributed by atoms with van der Waals surface area (Å²) in [6, 6.07) is 6.82. The average Bonchev–Trinajstić information content (AvgIpc) is 2.66. The molecule has 1 saturated carbocycles. The highest BCUT2D eigenvalue weighted by atomic mass is 35.5. The summed E-state index contributed by atoms with van der Waals surface area (Å²) in [5.74, 6) is 0.735. The van der Waals surface area contributed by atoms with Crippen molar-refractivity contribution in [2.75, 3.05) is 41.3 Å². The molecule has 1 aliphatic rings. The Bertz CT molecular complexity index is 628. The molecule has 2 amide bonds. The molecule has 1 aromatic carbocycles. The molecular weight excluding hydrogens is 366 g/mol. The largest absolute Gasteiger partial charge is 0.415 e. The minimum absolute atomic E-state index is 0.0501. The minimum atomic E-state index is -0.379. The van der Waals surface area contributed by atoms with Gasteiger partial charge in [0, 0.05) is 44.2 Å². The second kappa shape index (κ2) is 9.95. The minimum Gasteiger partial charge on any atom is -0.410 e. The van der Waals surface area contributed by atoms with Gasteiger partial charge in [-0.2, -0.15) is 0 Å². The molecule has 0 bridgehead atoms. The molecule has 0 aromatic heterocycles. The van der Waals surface area contributed by atoms with Crippen molar-refractivity contribution in [3.05, 3.63) is 29.3 Å². The number of rotatable bonds is 6. The second-order valence-corrected chi connectivity index (χ2v) is 7.94. The van der Waals surface area contributed by atoms with Crippen molar-refractivity contribution in [2.24, 2.45) is 5.92 Å². The number of carbonyl (C=O) groups is 2. The molecule has 0 heterocycles. The van der Waals surface area contributed by atoms with Gasteiger partial charge in [0.25, 0.3) is 0 Å². The first-order chi connectivity index (χ1) is 12.8. The van der Waals surface area contributed by atoms with Crippen molar-refractivity contribution in [2.45, 2.75) is 31.7 Å². The van der Waals surface area contributed by atoms with Gasteiger partial charge in [-0.1, -0.05) is 11.6 Å². The monoisotopic (exact) mass is 395 g/mol. The van der Waals surface area contributed by atoms with E-state index < -0.39 is 0 Å². The Balaban J connectivity index is 1.80. The van der Waals surface area contributed by atoms with E-state index in [1.807, 2.05) is 26.0 Å². The summed E-state index contributed by atoms with van der Waals surface area (Å²) in [7, 11) is 7.63. The lowest BCUT2D eigenvalue weighted by atomic mass is 9.84. The Morgan fingerprint density at radius 3 is 2.15 bits per heavy atom. The normalized spacial score (nSPS) is 19.6. The quantitative estimate of drug-likeness (QED) is 0.741. The maximum absolute atomic E-state index is 12.6. The van der Waals surface area contributed by atoms with Crippen LogP contribution in [0.15, 0.2) is 24.3 Å². The topological polar surface area (TPSA) is 53.1 Å². The molecular formula is C20H30ClN3O3. The van der Waals surface area contributed by atoms with Gasteiger partial charge < -0.3 is 19.4 Å². The molecule has 6 nitrogen and oxygen atoms in total. The Labute approximate surface area is 167 Å². The molecule has 0 N–H and O–H groups in total. The van der Waals surface area contributed by atoms with E-state index in [0.717, 1.165) is 38.8 Å². The number of ether oxygens (including phenoxy) is 1. The highest BCUT2D eigenvalue weighted by Crippen LogP contribution is 2.29. The van der Waals surface area contributed by atoms with E-state index in [-0.39, 0.29) is 24.0 Å². The Kier molecular flexibility index (Phi) is 7.92. The molecule has 7 heteroatoms. The summed E-state index contributed by atoms with van der Waals surface area (Å²) in [6.45, 7) is 1.59. The fourth-order valence-corrected chi connectivity index (χ4v) is 3.43. The summed E-state index contributed by atoms with van der Waals surface area (Å²) in [6.07, 6.45) is 2.84.